The first-order valence-electron chi connectivity index (χ1n) is 11.3. The van der Waals surface area contributed by atoms with Crippen molar-refractivity contribution < 1.29 is 23.6 Å². The van der Waals surface area contributed by atoms with E-state index in [4.69, 9.17) is 5.11 Å². The highest BCUT2D eigenvalue weighted by Gasteiger charge is 2.18. The van der Waals surface area contributed by atoms with Crippen LogP contribution in [0, 0.1) is 0 Å². The van der Waals surface area contributed by atoms with Gasteiger partial charge in [0.2, 0.25) is 19.0 Å². The molecule has 0 fully saturated rings. The zero-order valence-corrected chi connectivity index (χ0v) is 19.2. The van der Waals surface area contributed by atoms with Crippen molar-refractivity contribution in [2.45, 2.75) is 84.7 Å². The first-order valence-corrected chi connectivity index (χ1v) is 11.3. The van der Waals surface area contributed by atoms with Gasteiger partial charge in [-0.1, -0.05) is 6.92 Å². The third-order valence-corrected chi connectivity index (χ3v) is 6.19. The summed E-state index contributed by atoms with van der Waals surface area (Å²) in [5.74, 6) is -0.823. The maximum Gasteiger partial charge on any atom is 0.346 e. The lowest BCUT2D eigenvalue weighted by Crippen LogP contribution is -2.42. The number of aryl methyl sites for hydroxylation is 2. The van der Waals surface area contributed by atoms with Crippen molar-refractivity contribution in [2.24, 2.45) is 0 Å². The minimum absolute atomic E-state index is 0.000130. The lowest BCUT2D eigenvalue weighted by Gasteiger charge is -2.11. The van der Waals surface area contributed by atoms with E-state index in [9.17, 15) is 4.79 Å². The van der Waals surface area contributed by atoms with Gasteiger partial charge in [-0.3, -0.25) is 0 Å². The Balaban J connectivity index is 1.47. The second-order valence-electron chi connectivity index (χ2n) is 8.66. The average molecular weight is 430 g/mol. The Bertz CT molecular complexity index is 972. The summed E-state index contributed by atoms with van der Waals surface area (Å²) in [7, 11) is 0. The number of hydrogen-bond acceptors (Lipinski definition) is 1. The lowest BCUT2D eigenvalue weighted by atomic mass is 10.1. The van der Waals surface area contributed by atoms with E-state index in [1.165, 1.54) is 0 Å². The van der Waals surface area contributed by atoms with Crippen LogP contribution in [0.25, 0.3) is 0 Å². The minimum atomic E-state index is -0.823. The van der Waals surface area contributed by atoms with Crippen LogP contribution in [0.3, 0.4) is 0 Å². The molecule has 3 heterocycles. The molecular weight excluding hydrogens is 392 g/mol. The molecule has 31 heavy (non-hydrogen) atoms. The third kappa shape index (κ3) is 6.29. The van der Waals surface area contributed by atoms with Gasteiger partial charge in [0.05, 0.1) is 18.1 Å². The maximum absolute atomic E-state index is 10.9. The van der Waals surface area contributed by atoms with E-state index in [2.05, 4.69) is 88.0 Å². The van der Waals surface area contributed by atoms with Crippen LogP contribution in [0.15, 0.2) is 56.2 Å². The molecule has 0 saturated heterocycles. The number of rotatable bonds is 12. The van der Waals surface area contributed by atoms with Crippen molar-refractivity contribution in [1.29, 1.82) is 0 Å². The Morgan fingerprint density at radius 3 is 1.65 bits per heavy atom. The molecule has 8 heteroatoms. The zero-order chi connectivity index (χ0) is 22.4. The molecule has 0 aliphatic heterocycles. The summed E-state index contributed by atoms with van der Waals surface area (Å²) in [6, 6.07) is 1.27. The number of aromatic nitrogens is 6. The molecule has 0 radical (unpaired) electrons. The quantitative estimate of drug-likeness (QED) is 0.449. The van der Waals surface area contributed by atoms with Crippen LogP contribution >= 0.6 is 0 Å². The van der Waals surface area contributed by atoms with Crippen LogP contribution in [0.5, 0.6) is 0 Å². The Morgan fingerprint density at radius 2 is 1.19 bits per heavy atom. The molecule has 0 saturated carbocycles. The standard InChI is InChI=1S/C23H36N6O2/c1-5-20(2)27-13-10-24(17-27)8-9-25-11-14-28(18-25)21(3)6-7-22(4)29-15-12-26(19-29)16-23(30)31/h10-15,17-22H,5-9,16H2,1-4H3/q+2/p+1. The molecule has 0 aliphatic rings. The monoisotopic (exact) mass is 429 g/mol. The number of nitrogens with zero attached hydrogens (tertiary/aromatic N) is 6. The van der Waals surface area contributed by atoms with Gasteiger partial charge in [-0.2, -0.15) is 0 Å². The van der Waals surface area contributed by atoms with E-state index < -0.39 is 5.97 Å². The average Bonchev–Trinajstić information content (AvgIpc) is 3.49. The molecule has 3 atom stereocenters. The molecule has 3 aromatic heterocycles. The highest BCUT2D eigenvalue weighted by Crippen LogP contribution is 2.19. The molecule has 0 aliphatic carbocycles. The molecule has 3 unspecified atom stereocenters. The first-order chi connectivity index (χ1) is 14.9. The van der Waals surface area contributed by atoms with E-state index in [1.54, 1.807) is 4.57 Å². The highest BCUT2D eigenvalue weighted by atomic mass is 16.4. The number of carbonyl (C=O) groups is 1. The largest absolute Gasteiger partial charge is 0.478 e. The summed E-state index contributed by atoms with van der Waals surface area (Å²) in [6.45, 7) is 10.8. The number of imidazole rings is 3. The zero-order valence-electron chi connectivity index (χ0n) is 19.2. The summed E-state index contributed by atoms with van der Waals surface area (Å²) < 4.78 is 12.8. The normalized spacial score (nSPS) is 14.5. The van der Waals surface area contributed by atoms with Crippen LogP contribution in [0.2, 0.25) is 0 Å². The molecule has 3 aromatic rings. The van der Waals surface area contributed by atoms with Crippen LogP contribution in [0.4, 0.5) is 0 Å². The Kier molecular flexibility index (Phi) is 7.65. The third-order valence-electron chi connectivity index (χ3n) is 6.19. The van der Waals surface area contributed by atoms with Crippen molar-refractivity contribution in [3.8, 4) is 0 Å². The fourth-order valence-corrected chi connectivity index (χ4v) is 3.75. The van der Waals surface area contributed by atoms with Crippen LogP contribution in [-0.4, -0.2) is 24.8 Å². The van der Waals surface area contributed by atoms with Gasteiger partial charge in [0.1, 0.15) is 50.3 Å². The molecule has 8 nitrogen and oxygen atoms in total. The minimum Gasteiger partial charge on any atom is -0.478 e. The highest BCUT2D eigenvalue weighted by molar-refractivity contribution is 5.64. The van der Waals surface area contributed by atoms with E-state index in [0.29, 0.717) is 18.1 Å². The maximum atomic E-state index is 10.9. The number of aliphatic carboxylic acids is 1. The van der Waals surface area contributed by atoms with Gasteiger partial charge < -0.3 is 5.11 Å². The van der Waals surface area contributed by atoms with Gasteiger partial charge >= 0.3 is 5.97 Å². The van der Waals surface area contributed by atoms with Crippen molar-refractivity contribution >= 4 is 5.97 Å². The molecule has 0 bridgehead atoms. The number of hydrogen-bond donors (Lipinski definition) is 1. The SMILES string of the molecule is CCC(C)n1cc[n+](CC[n+]2ccn(C(C)CCC(C)n3cc[n+](CC(=O)O)c3)c2)c1. The smallest absolute Gasteiger partial charge is 0.346 e. The van der Waals surface area contributed by atoms with Gasteiger partial charge in [0.15, 0.2) is 6.54 Å². The molecule has 0 amide bonds. The topological polar surface area (TPSA) is 63.7 Å². The summed E-state index contributed by atoms with van der Waals surface area (Å²) in [4.78, 5) is 10.9. The second-order valence-corrected chi connectivity index (χ2v) is 8.66. The summed E-state index contributed by atoms with van der Waals surface area (Å²) >= 11 is 0. The van der Waals surface area contributed by atoms with Crippen molar-refractivity contribution in [1.82, 2.24) is 13.7 Å². The predicted octanol–water partition coefficient (Wildman–Crippen LogP) is 2.31. The summed E-state index contributed by atoms with van der Waals surface area (Å²) in [5, 5.41) is 8.92. The molecule has 0 spiro atoms. The first kappa shape index (κ1) is 22.8. The van der Waals surface area contributed by atoms with Gasteiger partial charge in [-0.05, 0) is 40.0 Å². The Morgan fingerprint density at radius 1 is 0.774 bits per heavy atom. The van der Waals surface area contributed by atoms with E-state index >= 15 is 0 Å². The lowest BCUT2D eigenvalue weighted by molar-refractivity contribution is -0.778. The van der Waals surface area contributed by atoms with Gasteiger partial charge in [0.25, 0.3) is 0 Å². The molecule has 168 valence electrons. The van der Waals surface area contributed by atoms with Crippen LogP contribution in [-0.2, 0) is 24.4 Å². The second kappa shape index (κ2) is 10.4. The van der Waals surface area contributed by atoms with E-state index in [0.717, 1.165) is 32.4 Å². The predicted molar refractivity (Wildman–Crippen MR) is 115 cm³/mol. The molecule has 3 rings (SSSR count). The van der Waals surface area contributed by atoms with Crippen molar-refractivity contribution in [2.75, 3.05) is 0 Å². The summed E-state index contributed by atoms with van der Waals surface area (Å²) in [5.41, 5.74) is 0. The van der Waals surface area contributed by atoms with E-state index in [1.807, 2.05) is 18.7 Å². The van der Waals surface area contributed by atoms with Gasteiger partial charge in [0, 0.05) is 0 Å². The molecule has 0 aromatic carbocycles. The van der Waals surface area contributed by atoms with E-state index in [-0.39, 0.29) is 6.54 Å². The fraction of sp³-hybridized carbons (Fsp3) is 0.565. The van der Waals surface area contributed by atoms with Crippen molar-refractivity contribution in [3.63, 3.8) is 0 Å². The molecule has 1 N–H and O–H groups in total. The van der Waals surface area contributed by atoms with Gasteiger partial charge in [-0.15, -0.1) is 0 Å². The summed E-state index contributed by atoms with van der Waals surface area (Å²) in [6.07, 6.45) is 21.8. The van der Waals surface area contributed by atoms with Gasteiger partial charge in [-0.25, -0.2) is 32.2 Å². The Hall–Kier alpha value is -2.90. The number of carboxylic acids is 1. The van der Waals surface area contributed by atoms with Crippen molar-refractivity contribution in [3.05, 3.63) is 56.2 Å². The number of carboxylic acid groups (broad SMARTS) is 1. The van der Waals surface area contributed by atoms with Crippen LogP contribution < -0.4 is 13.7 Å². The Labute approximate surface area is 184 Å². The molecular formula is C23H37N6O2+3. The van der Waals surface area contributed by atoms with Crippen LogP contribution in [0.1, 0.15) is 65.1 Å². The fourth-order valence-electron chi connectivity index (χ4n) is 3.75.